The van der Waals surface area contributed by atoms with Gasteiger partial charge in [-0.1, -0.05) is 31.5 Å². The molecule has 0 saturated carbocycles. The van der Waals surface area contributed by atoms with Crippen LogP contribution in [0.25, 0.3) is 0 Å². The third-order valence-electron chi connectivity index (χ3n) is 3.71. The largest absolute Gasteiger partial charge is 0.338 e. The second-order valence-corrected chi connectivity index (χ2v) is 7.23. The maximum absolute atomic E-state index is 12.5. The molecule has 1 fully saturated rings. The molecule has 1 aliphatic rings. The molecule has 0 unspecified atom stereocenters. The number of piperazine rings is 1. The molecule has 2 rings (SSSR count). The molecule has 1 aromatic rings. The Labute approximate surface area is 132 Å². The topological polar surface area (TPSA) is 69.7 Å². The summed E-state index contributed by atoms with van der Waals surface area (Å²) in [5.41, 5.74) is 0. The van der Waals surface area contributed by atoms with E-state index in [-0.39, 0.29) is 6.03 Å². The van der Waals surface area contributed by atoms with Gasteiger partial charge in [0.05, 0.1) is 4.90 Å². The molecule has 0 aliphatic carbocycles. The molecule has 0 spiro atoms. The van der Waals surface area contributed by atoms with Crippen LogP contribution in [0.1, 0.15) is 19.8 Å². The first-order chi connectivity index (χ1) is 10.6. The number of benzene rings is 1. The van der Waals surface area contributed by atoms with Gasteiger partial charge in [-0.2, -0.15) is 4.31 Å². The number of rotatable bonds is 5. The third kappa shape index (κ3) is 3.98. The van der Waals surface area contributed by atoms with Gasteiger partial charge in [0.25, 0.3) is 0 Å². The third-order valence-corrected chi connectivity index (χ3v) is 5.63. The van der Waals surface area contributed by atoms with E-state index in [4.69, 9.17) is 0 Å². The highest BCUT2D eigenvalue weighted by atomic mass is 32.2. The second-order valence-electron chi connectivity index (χ2n) is 5.29. The summed E-state index contributed by atoms with van der Waals surface area (Å²) in [6.07, 6.45) is 1.98. The zero-order valence-electron chi connectivity index (χ0n) is 12.9. The standard InChI is InChI=1S/C15H23N3O3S/c1-2-3-9-16-15(19)17-10-12-18(13-11-17)22(20,21)14-7-5-4-6-8-14/h4-8H,2-3,9-13H2,1H3,(H,16,19). The van der Waals surface area contributed by atoms with Crippen molar-refractivity contribution >= 4 is 16.1 Å². The van der Waals surface area contributed by atoms with Crippen molar-refractivity contribution in [3.8, 4) is 0 Å². The van der Waals surface area contributed by atoms with Gasteiger partial charge in [0.1, 0.15) is 0 Å². The van der Waals surface area contributed by atoms with Crippen molar-refractivity contribution < 1.29 is 13.2 Å². The van der Waals surface area contributed by atoms with Crippen LogP contribution in [-0.2, 0) is 10.0 Å². The molecule has 2 amide bonds. The number of carbonyl (C=O) groups excluding carboxylic acids is 1. The number of amides is 2. The number of nitrogens with zero attached hydrogens (tertiary/aromatic N) is 2. The first-order valence-corrected chi connectivity index (χ1v) is 9.07. The molecule has 1 N–H and O–H groups in total. The maximum atomic E-state index is 12.5. The molecule has 1 heterocycles. The monoisotopic (exact) mass is 325 g/mol. The first-order valence-electron chi connectivity index (χ1n) is 7.63. The Balaban J connectivity index is 1.91. The van der Waals surface area contributed by atoms with Crippen molar-refractivity contribution in [2.24, 2.45) is 0 Å². The highest BCUT2D eigenvalue weighted by Gasteiger charge is 2.29. The lowest BCUT2D eigenvalue weighted by molar-refractivity contribution is 0.172. The van der Waals surface area contributed by atoms with Crippen molar-refractivity contribution in [2.75, 3.05) is 32.7 Å². The smallest absolute Gasteiger partial charge is 0.317 e. The lowest BCUT2D eigenvalue weighted by Gasteiger charge is -2.34. The molecule has 1 saturated heterocycles. The minimum atomic E-state index is -3.46. The van der Waals surface area contributed by atoms with Gasteiger partial charge in [-0.15, -0.1) is 0 Å². The predicted octanol–water partition coefficient (Wildman–Crippen LogP) is 1.50. The maximum Gasteiger partial charge on any atom is 0.317 e. The summed E-state index contributed by atoms with van der Waals surface area (Å²) in [6, 6.07) is 8.30. The number of urea groups is 1. The average Bonchev–Trinajstić information content (AvgIpc) is 2.56. The van der Waals surface area contributed by atoms with E-state index in [2.05, 4.69) is 12.2 Å². The van der Waals surface area contributed by atoms with Gasteiger partial charge in [0, 0.05) is 32.7 Å². The molecular formula is C15H23N3O3S. The van der Waals surface area contributed by atoms with Crippen LogP contribution in [0, 0.1) is 0 Å². The van der Waals surface area contributed by atoms with Crippen molar-refractivity contribution in [3.05, 3.63) is 30.3 Å². The summed E-state index contributed by atoms with van der Waals surface area (Å²) in [7, 11) is -3.46. The van der Waals surface area contributed by atoms with Crippen LogP contribution in [0.5, 0.6) is 0 Å². The van der Waals surface area contributed by atoms with Crippen LogP contribution in [0.2, 0.25) is 0 Å². The molecule has 7 heteroatoms. The number of hydrogen-bond acceptors (Lipinski definition) is 3. The highest BCUT2D eigenvalue weighted by Crippen LogP contribution is 2.17. The van der Waals surface area contributed by atoms with Crippen LogP contribution in [0.15, 0.2) is 35.2 Å². The number of unbranched alkanes of at least 4 members (excludes halogenated alkanes) is 1. The summed E-state index contributed by atoms with van der Waals surface area (Å²) in [4.78, 5) is 13.9. The molecule has 1 aliphatic heterocycles. The molecule has 0 radical (unpaired) electrons. The predicted molar refractivity (Wildman–Crippen MR) is 85.1 cm³/mol. The minimum Gasteiger partial charge on any atom is -0.338 e. The Bertz CT molecular complexity index is 581. The van der Waals surface area contributed by atoms with Crippen LogP contribution in [-0.4, -0.2) is 56.4 Å². The van der Waals surface area contributed by atoms with Gasteiger partial charge in [-0.05, 0) is 18.6 Å². The Morgan fingerprint density at radius 2 is 1.77 bits per heavy atom. The second kappa shape index (κ2) is 7.60. The van der Waals surface area contributed by atoms with Crippen LogP contribution in [0.3, 0.4) is 0 Å². The summed E-state index contributed by atoms with van der Waals surface area (Å²) < 4.78 is 26.4. The molecule has 0 bridgehead atoms. The number of sulfonamides is 1. The van der Waals surface area contributed by atoms with E-state index in [0.717, 1.165) is 12.8 Å². The summed E-state index contributed by atoms with van der Waals surface area (Å²) in [5.74, 6) is 0. The van der Waals surface area contributed by atoms with E-state index in [9.17, 15) is 13.2 Å². The number of hydrogen-bond donors (Lipinski definition) is 1. The quantitative estimate of drug-likeness (QED) is 0.834. The van der Waals surface area contributed by atoms with Crippen LogP contribution in [0.4, 0.5) is 4.79 Å². The van der Waals surface area contributed by atoms with Gasteiger partial charge in [0.2, 0.25) is 10.0 Å². The average molecular weight is 325 g/mol. The summed E-state index contributed by atoms with van der Waals surface area (Å²) >= 11 is 0. The zero-order chi connectivity index (χ0) is 16.0. The Kier molecular flexibility index (Phi) is 5.79. The highest BCUT2D eigenvalue weighted by molar-refractivity contribution is 7.89. The van der Waals surface area contributed by atoms with Crippen LogP contribution >= 0.6 is 0 Å². The normalized spacial score (nSPS) is 16.5. The van der Waals surface area contributed by atoms with Crippen LogP contribution < -0.4 is 5.32 Å². The summed E-state index contributed by atoms with van der Waals surface area (Å²) in [5, 5.41) is 2.86. The number of nitrogens with one attached hydrogen (secondary N) is 1. The fourth-order valence-corrected chi connectivity index (χ4v) is 3.80. The first kappa shape index (κ1) is 16.8. The van der Waals surface area contributed by atoms with E-state index >= 15 is 0 Å². The summed E-state index contributed by atoms with van der Waals surface area (Å²) in [6.45, 7) is 4.24. The van der Waals surface area contributed by atoms with E-state index in [0.29, 0.717) is 37.6 Å². The van der Waals surface area contributed by atoms with Crippen molar-refractivity contribution in [2.45, 2.75) is 24.7 Å². The van der Waals surface area contributed by atoms with Crippen molar-refractivity contribution in [1.29, 1.82) is 0 Å². The van der Waals surface area contributed by atoms with Gasteiger partial charge in [-0.3, -0.25) is 0 Å². The van der Waals surface area contributed by atoms with E-state index in [1.165, 1.54) is 4.31 Å². The van der Waals surface area contributed by atoms with Gasteiger partial charge >= 0.3 is 6.03 Å². The Morgan fingerprint density at radius 3 is 2.36 bits per heavy atom. The van der Waals surface area contributed by atoms with Crippen molar-refractivity contribution in [3.63, 3.8) is 0 Å². The zero-order valence-corrected chi connectivity index (χ0v) is 13.7. The van der Waals surface area contributed by atoms with Gasteiger partial charge in [-0.25, -0.2) is 13.2 Å². The lowest BCUT2D eigenvalue weighted by Crippen LogP contribution is -2.53. The SMILES string of the molecule is CCCCNC(=O)N1CCN(S(=O)(=O)c2ccccc2)CC1. The van der Waals surface area contributed by atoms with Gasteiger partial charge in [0.15, 0.2) is 0 Å². The number of carbonyl (C=O) groups is 1. The molecular weight excluding hydrogens is 302 g/mol. The fourth-order valence-electron chi connectivity index (χ4n) is 2.36. The van der Waals surface area contributed by atoms with Crippen molar-refractivity contribution in [1.82, 2.24) is 14.5 Å². The fraction of sp³-hybridized carbons (Fsp3) is 0.533. The molecule has 6 nitrogen and oxygen atoms in total. The van der Waals surface area contributed by atoms with E-state index in [1.54, 1.807) is 35.2 Å². The Hall–Kier alpha value is -1.60. The Morgan fingerprint density at radius 1 is 1.14 bits per heavy atom. The molecule has 1 aromatic carbocycles. The minimum absolute atomic E-state index is 0.106. The van der Waals surface area contributed by atoms with Gasteiger partial charge < -0.3 is 10.2 Å². The van der Waals surface area contributed by atoms with E-state index in [1.807, 2.05) is 0 Å². The molecule has 0 aromatic heterocycles. The molecule has 122 valence electrons. The lowest BCUT2D eigenvalue weighted by atomic mass is 10.3. The molecule has 22 heavy (non-hydrogen) atoms. The van der Waals surface area contributed by atoms with E-state index < -0.39 is 10.0 Å². The molecule has 0 atom stereocenters.